The number of nitrogens with zero attached hydrogens (tertiary/aromatic N) is 4. The van der Waals surface area contributed by atoms with Crippen LogP contribution in [0.5, 0.6) is 0 Å². The monoisotopic (exact) mass is 462 g/mol. The molecule has 1 aliphatic heterocycles. The smallest absolute Gasteiger partial charge is 0.325 e. The van der Waals surface area contributed by atoms with Gasteiger partial charge in [-0.1, -0.05) is 0 Å². The van der Waals surface area contributed by atoms with E-state index in [1.165, 1.54) is 0 Å². The Morgan fingerprint density at radius 3 is 2.56 bits per heavy atom. The van der Waals surface area contributed by atoms with E-state index in [0.717, 1.165) is 97.2 Å². The lowest BCUT2D eigenvalue weighted by Crippen LogP contribution is -2.43. The molecule has 2 saturated carbocycles. The standard InChI is InChI=1S/C26H31N5O3/c32-20-10-8-19(9-11-20)30-16-18-14-22(25(15-21(18)28-30)29-12-1-2-13-29)27-26(33)24-5-3-4-23(31(24)34)17-6-7-17/h3-5,14-17,19-20,32H,1-2,6-13H2,(H-,27,33,34)/p+1. The second-order valence-electron chi connectivity index (χ2n) is 10.1. The van der Waals surface area contributed by atoms with Gasteiger partial charge in [0.25, 0.3) is 0 Å². The lowest BCUT2D eigenvalue weighted by Gasteiger charge is -2.25. The molecule has 3 N–H and O–H groups in total. The number of aliphatic hydroxyl groups excluding tert-OH is 1. The van der Waals surface area contributed by atoms with E-state index in [1.54, 1.807) is 6.07 Å². The maximum atomic E-state index is 13.3. The SMILES string of the molecule is O=C(Nc1cc2cn(C3CCC(O)CC3)nc2cc1N1CCCC1)c1cccc(C2CC2)[n+]1O. The molecule has 3 aliphatic rings. The van der Waals surface area contributed by atoms with E-state index in [2.05, 4.69) is 22.5 Å². The van der Waals surface area contributed by atoms with Crippen molar-refractivity contribution in [2.24, 2.45) is 0 Å². The summed E-state index contributed by atoms with van der Waals surface area (Å²) in [6, 6.07) is 9.76. The number of rotatable bonds is 5. The number of carbonyl (C=O) groups is 1. The van der Waals surface area contributed by atoms with Gasteiger partial charge in [0, 0.05) is 47.5 Å². The van der Waals surface area contributed by atoms with E-state index >= 15 is 0 Å². The minimum atomic E-state index is -0.321. The predicted octanol–water partition coefficient (Wildman–Crippen LogP) is 3.77. The molecule has 0 spiro atoms. The average molecular weight is 463 g/mol. The Kier molecular flexibility index (Phi) is 5.40. The van der Waals surface area contributed by atoms with Crippen molar-refractivity contribution < 1.29 is 19.8 Å². The summed E-state index contributed by atoms with van der Waals surface area (Å²) in [7, 11) is 0. The van der Waals surface area contributed by atoms with Gasteiger partial charge in [-0.05, 0) is 69.6 Å². The van der Waals surface area contributed by atoms with Crippen molar-refractivity contribution in [3.8, 4) is 0 Å². The van der Waals surface area contributed by atoms with E-state index in [4.69, 9.17) is 5.10 Å². The molecule has 8 nitrogen and oxygen atoms in total. The fourth-order valence-corrected chi connectivity index (χ4v) is 5.47. The van der Waals surface area contributed by atoms with Gasteiger partial charge in [0.1, 0.15) is 0 Å². The topological polar surface area (TPSA) is 94.5 Å². The Morgan fingerprint density at radius 1 is 1.06 bits per heavy atom. The maximum Gasteiger partial charge on any atom is 0.325 e. The molecular formula is C26H32N5O3+. The Labute approximate surface area is 198 Å². The van der Waals surface area contributed by atoms with Crippen LogP contribution in [0.3, 0.4) is 0 Å². The minimum Gasteiger partial charge on any atom is -0.393 e. The van der Waals surface area contributed by atoms with Crippen molar-refractivity contribution in [2.75, 3.05) is 23.3 Å². The summed E-state index contributed by atoms with van der Waals surface area (Å²) < 4.78 is 3.09. The van der Waals surface area contributed by atoms with E-state index in [-0.39, 0.29) is 17.7 Å². The summed E-state index contributed by atoms with van der Waals surface area (Å²) in [4.78, 5) is 15.6. The third-order valence-corrected chi connectivity index (χ3v) is 7.60. The quantitative estimate of drug-likeness (QED) is 0.396. The van der Waals surface area contributed by atoms with E-state index in [0.29, 0.717) is 12.0 Å². The summed E-state index contributed by atoms with van der Waals surface area (Å²) in [5.41, 5.74) is 3.68. The first kappa shape index (κ1) is 21.4. The zero-order chi connectivity index (χ0) is 23.2. The largest absolute Gasteiger partial charge is 0.393 e. The van der Waals surface area contributed by atoms with Gasteiger partial charge in [0.2, 0.25) is 5.69 Å². The number of benzene rings is 1. The molecule has 1 aromatic carbocycles. The summed E-state index contributed by atoms with van der Waals surface area (Å²) in [5.74, 6) is 0.0134. The molecular weight excluding hydrogens is 430 g/mol. The summed E-state index contributed by atoms with van der Waals surface area (Å²) in [6.45, 7) is 1.90. The molecule has 2 aliphatic carbocycles. The zero-order valence-electron chi connectivity index (χ0n) is 19.4. The maximum absolute atomic E-state index is 13.3. The number of hydrogen-bond acceptors (Lipinski definition) is 5. The predicted molar refractivity (Wildman–Crippen MR) is 128 cm³/mol. The van der Waals surface area contributed by atoms with Crippen LogP contribution in [-0.2, 0) is 0 Å². The number of carbonyl (C=O) groups excluding carboxylic acids is 1. The molecule has 6 rings (SSSR count). The molecule has 3 aromatic rings. The molecule has 0 bridgehead atoms. The first-order chi connectivity index (χ1) is 16.6. The van der Waals surface area contributed by atoms with E-state index in [1.807, 2.05) is 22.9 Å². The second-order valence-corrected chi connectivity index (χ2v) is 10.1. The Bertz CT molecular complexity index is 1220. The highest BCUT2D eigenvalue weighted by Gasteiger charge is 2.36. The van der Waals surface area contributed by atoms with Crippen LogP contribution < -0.4 is 14.9 Å². The van der Waals surface area contributed by atoms with Gasteiger partial charge >= 0.3 is 11.6 Å². The third kappa shape index (κ3) is 4.00. The minimum absolute atomic E-state index is 0.197. The van der Waals surface area contributed by atoms with Crippen LogP contribution in [0.4, 0.5) is 11.4 Å². The molecule has 8 heteroatoms. The molecule has 0 radical (unpaired) electrons. The number of fused-ring (bicyclic) bond motifs is 1. The van der Waals surface area contributed by atoms with Gasteiger partial charge < -0.3 is 15.3 Å². The number of anilines is 2. The zero-order valence-corrected chi connectivity index (χ0v) is 19.4. The highest BCUT2D eigenvalue weighted by Crippen LogP contribution is 2.38. The highest BCUT2D eigenvalue weighted by molar-refractivity contribution is 6.05. The van der Waals surface area contributed by atoms with Crippen molar-refractivity contribution in [3.05, 3.63) is 47.9 Å². The molecule has 34 heavy (non-hydrogen) atoms. The Morgan fingerprint density at radius 2 is 1.82 bits per heavy atom. The second kappa shape index (κ2) is 8.58. The summed E-state index contributed by atoms with van der Waals surface area (Å²) in [5, 5.41) is 29.5. The van der Waals surface area contributed by atoms with Gasteiger partial charge in [0.15, 0.2) is 0 Å². The molecule has 3 fully saturated rings. The fourth-order valence-electron chi connectivity index (χ4n) is 5.47. The fraction of sp³-hybridized carbons (Fsp3) is 0.500. The first-order valence-corrected chi connectivity index (χ1v) is 12.6. The molecule has 178 valence electrons. The summed E-state index contributed by atoms with van der Waals surface area (Å²) in [6.07, 6.45) is 9.67. The number of pyridine rings is 1. The van der Waals surface area contributed by atoms with Crippen LogP contribution in [-0.4, -0.2) is 45.2 Å². The highest BCUT2D eigenvalue weighted by atomic mass is 16.5. The average Bonchev–Trinajstić information content (AvgIpc) is 3.36. The van der Waals surface area contributed by atoms with Crippen LogP contribution >= 0.6 is 0 Å². The lowest BCUT2D eigenvalue weighted by atomic mass is 9.93. The Balaban J connectivity index is 1.34. The van der Waals surface area contributed by atoms with E-state index in [9.17, 15) is 15.1 Å². The van der Waals surface area contributed by atoms with Crippen molar-refractivity contribution in [3.63, 3.8) is 0 Å². The van der Waals surface area contributed by atoms with Gasteiger partial charge in [-0.25, -0.2) is 0 Å². The molecule has 3 heterocycles. The van der Waals surface area contributed by atoms with Crippen molar-refractivity contribution in [1.82, 2.24) is 9.78 Å². The number of amides is 1. The molecule has 2 aromatic heterocycles. The van der Waals surface area contributed by atoms with E-state index < -0.39 is 0 Å². The number of aromatic nitrogens is 3. The summed E-state index contributed by atoms with van der Waals surface area (Å²) >= 11 is 0. The van der Waals surface area contributed by atoms with Gasteiger partial charge in [-0.3, -0.25) is 14.7 Å². The number of hydrogen-bond donors (Lipinski definition) is 3. The van der Waals surface area contributed by atoms with Gasteiger partial charge in [-0.15, -0.1) is 0 Å². The van der Waals surface area contributed by atoms with Crippen LogP contribution in [0.2, 0.25) is 0 Å². The lowest BCUT2D eigenvalue weighted by molar-refractivity contribution is -0.910. The van der Waals surface area contributed by atoms with Crippen LogP contribution in [0.15, 0.2) is 36.5 Å². The number of nitrogens with one attached hydrogen (secondary N) is 1. The molecule has 0 atom stereocenters. The third-order valence-electron chi connectivity index (χ3n) is 7.60. The van der Waals surface area contributed by atoms with Crippen LogP contribution in [0.25, 0.3) is 10.9 Å². The van der Waals surface area contributed by atoms with Gasteiger partial charge in [0.05, 0.1) is 29.0 Å². The normalized spacial score (nSPS) is 22.9. The van der Waals surface area contributed by atoms with Crippen molar-refractivity contribution in [2.45, 2.75) is 69.4 Å². The van der Waals surface area contributed by atoms with Crippen molar-refractivity contribution in [1.29, 1.82) is 0 Å². The molecule has 0 unspecified atom stereocenters. The van der Waals surface area contributed by atoms with Crippen LogP contribution in [0, 0.1) is 0 Å². The van der Waals surface area contributed by atoms with Crippen molar-refractivity contribution >= 4 is 28.2 Å². The Hall–Kier alpha value is -3.13. The molecule has 1 amide bonds. The number of aliphatic hydroxyl groups is 1. The van der Waals surface area contributed by atoms with Crippen LogP contribution in [0.1, 0.15) is 79.5 Å². The first-order valence-electron chi connectivity index (χ1n) is 12.6. The van der Waals surface area contributed by atoms with Gasteiger partial charge in [-0.2, -0.15) is 5.10 Å². The molecule has 1 saturated heterocycles.